The maximum Gasteiger partial charge on any atom is 0.340 e. The second-order valence-corrected chi connectivity index (χ2v) is 4.38. The van der Waals surface area contributed by atoms with Gasteiger partial charge < -0.3 is 20.9 Å². The van der Waals surface area contributed by atoms with Gasteiger partial charge in [0.15, 0.2) is 0 Å². The first-order chi connectivity index (χ1) is 10.0. The van der Waals surface area contributed by atoms with Crippen molar-refractivity contribution in [3.05, 3.63) is 53.3 Å². The van der Waals surface area contributed by atoms with Crippen LogP contribution in [0, 0.1) is 5.82 Å². The standard InChI is InChI=1S/C15H15FN2O3/c1-20-11-4-2-9(13(16)7-11)8-21-15(19)12-5-3-10(17)6-14(12)18/h2-7H,8,17-18H2,1H3. The third-order valence-electron chi connectivity index (χ3n) is 2.91. The molecule has 0 aliphatic carbocycles. The van der Waals surface area contributed by atoms with Crippen LogP contribution in [0.4, 0.5) is 15.8 Å². The van der Waals surface area contributed by atoms with E-state index in [2.05, 4.69) is 0 Å². The predicted molar refractivity (Wildman–Crippen MR) is 77.3 cm³/mol. The average Bonchev–Trinajstić information content (AvgIpc) is 2.45. The molecule has 0 saturated carbocycles. The minimum absolute atomic E-state index is 0.193. The van der Waals surface area contributed by atoms with Crippen LogP contribution < -0.4 is 16.2 Å². The molecule has 0 aromatic heterocycles. The molecule has 6 heteroatoms. The quantitative estimate of drug-likeness (QED) is 0.666. The topological polar surface area (TPSA) is 87.6 Å². The Kier molecular flexibility index (Phi) is 4.27. The maximum atomic E-state index is 13.7. The summed E-state index contributed by atoms with van der Waals surface area (Å²) in [6.45, 7) is -0.196. The first kappa shape index (κ1) is 14.6. The summed E-state index contributed by atoms with van der Waals surface area (Å²) in [4.78, 5) is 11.9. The number of anilines is 2. The molecule has 0 spiro atoms. The number of halogens is 1. The molecule has 0 aliphatic heterocycles. The molecular formula is C15H15FN2O3. The zero-order valence-electron chi connectivity index (χ0n) is 11.4. The zero-order valence-corrected chi connectivity index (χ0v) is 11.4. The molecule has 4 N–H and O–H groups in total. The lowest BCUT2D eigenvalue weighted by atomic mass is 10.1. The van der Waals surface area contributed by atoms with E-state index in [4.69, 9.17) is 20.9 Å². The van der Waals surface area contributed by atoms with Crippen molar-refractivity contribution in [3.63, 3.8) is 0 Å². The van der Waals surface area contributed by atoms with Gasteiger partial charge >= 0.3 is 5.97 Å². The van der Waals surface area contributed by atoms with Crippen molar-refractivity contribution < 1.29 is 18.7 Å². The molecule has 21 heavy (non-hydrogen) atoms. The molecule has 2 rings (SSSR count). The minimum atomic E-state index is -0.636. The second-order valence-electron chi connectivity index (χ2n) is 4.38. The van der Waals surface area contributed by atoms with Crippen LogP contribution in [0.5, 0.6) is 5.75 Å². The van der Waals surface area contributed by atoms with Gasteiger partial charge in [0.1, 0.15) is 18.2 Å². The van der Waals surface area contributed by atoms with E-state index in [0.717, 1.165) is 0 Å². The molecule has 2 aromatic rings. The van der Waals surface area contributed by atoms with Gasteiger partial charge in [0, 0.05) is 23.0 Å². The monoisotopic (exact) mass is 290 g/mol. The third-order valence-corrected chi connectivity index (χ3v) is 2.91. The van der Waals surface area contributed by atoms with Crippen molar-refractivity contribution in [2.45, 2.75) is 6.61 Å². The summed E-state index contributed by atoms with van der Waals surface area (Å²) in [5.74, 6) is -0.750. The Morgan fingerprint density at radius 3 is 2.57 bits per heavy atom. The number of nitrogens with two attached hydrogens (primary N) is 2. The molecule has 0 saturated heterocycles. The smallest absolute Gasteiger partial charge is 0.340 e. The highest BCUT2D eigenvalue weighted by Gasteiger charge is 2.13. The van der Waals surface area contributed by atoms with E-state index in [9.17, 15) is 9.18 Å². The van der Waals surface area contributed by atoms with Crippen LogP contribution in [-0.4, -0.2) is 13.1 Å². The fraction of sp³-hybridized carbons (Fsp3) is 0.133. The number of ether oxygens (including phenoxy) is 2. The van der Waals surface area contributed by atoms with E-state index in [-0.39, 0.29) is 23.4 Å². The van der Waals surface area contributed by atoms with Gasteiger partial charge in [0.25, 0.3) is 0 Å². The van der Waals surface area contributed by atoms with Crippen LogP contribution in [-0.2, 0) is 11.3 Å². The lowest BCUT2D eigenvalue weighted by Gasteiger charge is -2.09. The molecule has 0 fully saturated rings. The summed E-state index contributed by atoms with van der Waals surface area (Å²) in [6, 6.07) is 8.78. The number of carbonyl (C=O) groups excluding carboxylic acids is 1. The molecule has 0 amide bonds. The predicted octanol–water partition coefficient (Wildman–Crippen LogP) is 2.36. The van der Waals surface area contributed by atoms with Gasteiger partial charge in [-0.2, -0.15) is 0 Å². The maximum absolute atomic E-state index is 13.7. The highest BCUT2D eigenvalue weighted by atomic mass is 19.1. The van der Waals surface area contributed by atoms with E-state index >= 15 is 0 Å². The summed E-state index contributed by atoms with van der Waals surface area (Å²) >= 11 is 0. The molecular weight excluding hydrogens is 275 g/mol. The van der Waals surface area contributed by atoms with E-state index in [0.29, 0.717) is 11.4 Å². The fourth-order valence-electron chi connectivity index (χ4n) is 1.76. The first-order valence-electron chi connectivity index (χ1n) is 6.16. The lowest BCUT2D eigenvalue weighted by Crippen LogP contribution is -2.09. The number of benzene rings is 2. The van der Waals surface area contributed by atoms with Crippen molar-refractivity contribution in [1.82, 2.24) is 0 Å². The van der Waals surface area contributed by atoms with Crippen LogP contribution in [0.1, 0.15) is 15.9 Å². The summed E-state index contributed by atoms with van der Waals surface area (Å²) < 4.78 is 23.7. The van der Waals surface area contributed by atoms with Gasteiger partial charge in [-0.1, -0.05) is 0 Å². The van der Waals surface area contributed by atoms with Crippen molar-refractivity contribution in [3.8, 4) is 5.75 Å². The summed E-state index contributed by atoms with van der Waals surface area (Å²) in [5, 5.41) is 0. The SMILES string of the molecule is COc1ccc(COC(=O)c2ccc(N)cc2N)c(F)c1. The Morgan fingerprint density at radius 1 is 1.19 bits per heavy atom. The van der Waals surface area contributed by atoms with Crippen LogP contribution in [0.15, 0.2) is 36.4 Å². The van der Waals surface area contributed by atoms with Crippen molar-refractivity contribution in [2.75, 3.05) is 18.6 Å². The average molecular weight is 290 g/mol. The third kappa shape index (κ3) is 3.42. The van der Waals surface area contributed by atoms with E-state index in [1.807, 2.05) is 0 Å². The summed E-state index contributed by atoms with van der Waals surface area (Å²) in [6.07, 6.45) is 0. The van der Waals surface area contributed by atoms with Crippen molar-refractivity contribution >= 4 is 17.3 Å². The Balaban J connectivity index is 2.07. The van der Waals surface area contributed by atoms with Crippen LogP contribution in [0.25, 0.3) is 0 Å². The molecule has 0 atom stereocenters. The number of carbonyl (C=O) groups is 1. The normalized spacial score (nSPS) is 10.2. The molecule has 2 aromatic carbocycles. The van der Waals surface area contributed by atoms with E-state index < -0.39 is 11.8 Å². The Labute approximate surface area is 121 Å². The van der Waals surface area contributed by atoms with Gasteiger partial charge in [-0.3, -0.25) is 0 Å². The zero-order chi connectivity index (χ0) is 15.4. The Bertz CT molecular complexity index is 674. The van der Waals surface area contributed by atoms with Gasteiger partial charge in [0.05, 0.1) is 12.7 Å². The number of hydrogen-bond acceptors (Lipinski definition) is 5. The summed E-state index contributed by atoms with van der Waals surface area (Å²) in [5.41, 5.74) is 12.3. The number of esters is 1. The largest absolute Gasteiger partial charge is 0.497 e. The minimum Gasteiger partial charge on any atom is -0.497 e. The Morgan fingerprint density at radius 2 is 1.95 bits per heavy atom. The molecule has 0 unspecified atom stereocenters. The second kappa shape index (κ2) is 6.13. The van der Waals surface area contributed by atoms with E-state index in [1.165, 1.54) is 31.4 Å². The fourth-order valence-corrected chi connectivity index (χ4v) is 1.76. The molecule has 110 valence electrons. The number of nitrogen functional groups attached to an aromatic ring is 2. The first-order valence-corrected chi connectivity index (χ1v) is 6.16. The van der Waals surface area contributed by atoms with Crippen LogP contribution in [0.2, 0.25) is 0 Å². The number of hydrogen-bond donors (Lipinski definition) is 2. The highest BCUT2D eigenvalue weighted by molar-refractivity contribution is 5.95. The van der Waals surface area contributed by atoms with Gasteiger partial charge in [-0.25, -0.2) is 9.18 Å². The molecule has 0 aliphatic rings. The lowest BCUT2D eigenvalue weighted by molar-refractivity contribution is 0.0470. The Hall–Kier alpha value is -2.76. The number of methoxy groups -OCH3 is 1. The van der Waals surface area contributed by atoms with Gasteiger partial charge in [-0.05, 0) is 30.3 Å². The molecule has 0 heterocycles. The van der Waals surface area contributed by atoms with Crippen molar-refractivity contribution in [1.29, 1.82) is 0 Å². The summed E-state index contributed by atoms with van der Waals surface area (Å²) in [7, 11) is 1.44. The van der Waals surface area contributed by atoms with Gasteiger partial charge in [0.2, 0.25) is 0 Å². The molecule has 0 bridgehead atoms. The van der Waals surface area contributed by atoms with Crippen LogP contribution in [0.3, 0.4) is 0 Å². The molecule has 5 nitrogen and oxygen atoms in total. The van der Waals surface area contributed by atoms with Gasteiger partial charge in [-0.15, -0.1) is 0 Å². The molecule has 0 radical (unpaired) electrons. The van der Waals surface area contributed by atoms with Crippen LogP contribution >= 0.6 is 0 Å². The number of rotatable bonds is 4. The van der Waals surface area contributed by atoms with Crippen molar-refractivity contribution in [2.24, 2.45) is 0 Å². The van der Waals surface area contributed by atoms with E-state index in [1.54, 1.807) is 12.1 Å². The highest BCUT2D eigenvalue weighted by Crippen LogP contribution is 2.19.